The summed E-state index contributed by atoms with van der Waals surface area (Å²) in [6.45, 7) is -0.503. The zero-order chi connectivity index (χ0) is 19.1. The quantitative estimate of drug-likeness (QED) is 0.542. The Balaban J connectivity index is 1.88. The molecule has 0 aromatic heterocycles. The van der Waals surface area contributed by atoms with Crippen molar-refractivity contribution in [2.75, 3.05) is 13.7 Å². The summed E-state index contributed by atoms with van der Waals surface area (Å²) < 4.78 is 10.8. The van der Waals surface area contributed by atoms with Crippen LogP contribution in [0.15, 0.2) is 46.9 Å². The zero-order valence-electron chi connectivity index (χ0n) is 13.5. The maximum absolute atomic E-state index is 12.0. The Morgan fingerprint density at radius 3 is 2.54 bits per heavy atom. The van der Waals surface area contributed by atoms with Crippen LogP contribution in [-0.4, -0.2) is 30.5 Å². The number of nitrogens with zero attached hydrogens (tertiary/aromatic N) is 1. The Bertz CT molecular complexity index is 842. The Labute approximate surface area is 156 Å². The Hall–Kier alpha value is -3.14. The number of hydrogen-bond acceptors (Lipinski definition) is 6. The third-order valence-corrected chi connectivity index (χ3v) is 3.77. The van der Waals surface area contributed by atoms with E-state index in [1.54, 1.807) is 12.1 Å². The topological polar surface area (TPSA) is 120 Å². The second kappa shape index (κ2) is 8.81. The van der Waals surface area contributed by atoms with Crippen molar-refractivity contribution >= 4 is 33.4 Å². The lowest BCUT2D eigenvalue weighted by Gasteiger charge is -2.10. The SMILES string of the molecule is COc1ccc(C(=O)NNC(=O)COc2ccccc2[N+](=O)[O-])cc1Br. The van der Waals surface area contributed by atoms with E-state index in [1.165, 1.54) is 37.4 Å². The van der Waals surface area contributed by atoms with E-state index in [1.807, 2.05) is 0 Å². The van der Waals surface area contributed by atoms with Crippen LogP contribution < -0.4 is 20.3 Å². The number of hydrazine groups is 1. The van der Waals surface area contributed by atoms with Crippen LogP contribution in [0, 0.1) is 10.1 Å². The fourth-order valence-electron chi connectivity index (χ4n) is 1.92. The van der Waals surface area contributed by atoms with Gasteiger partial charge < -0.3 is 9.47 Å². The third kappa shape index (κ3) is 4.93. The molecule has 0 aliphatic heterocycles. The van der Waals surface area contributed by atoms with Gasteiger partial charge in [-0.05, 0) is 40.2 Å². The summed E-state index contributed by atoms with van der Waals surface area (Å²) in [5, 5.41) is 10.9. The highest BCUT2D eigenvalue weighted by atomic mass is 79.9. The predicted molar refractivity (Wildman–Crippen MR) is 94.9 cm³/mol. The Morgan fingerprint density at radius 2 is 1.88 bits per heavy atom. The molecule has 136 valence electrons. The predicted octanol–water partition coefficient (Wildman–Crippen LogP) is 2.21. The number of nitrogens with one attached hydrogen (secondary N) is 2. The summed E-state index contributed by atoms with van der Waals surface area (Å²) in [4.78, 5) is 34.0. The van der Waals surface area contributed by atoms with Gasteiger partial charge in [0.2, 0.25) is 0 Å². The van der Waals surface area contributed by atoms with Gasteiger partial charge in [-0.1, -0.05) is 12.1 Å². The van der Waals surface area contributed by atoms with Gasteiger partial charge in [-0.3, -0.25) is 30.6 Å². The number of carbonyl (C=O) groups excluding carboxylic acids is 2. The van der Waals surface area contributed by atoms with E-state index >= 15 is 0 Å². The molecule has 2 amide bonds. The smallest absolute Gasteiger partial charge is 0.310 e. The van der Waals surface area contributed by atoms with Gasteiger partial charge >= 0.3 is 5.69 Å². The van der Waals surface area contributed by atoms with Crippen molar-refractivity contribution in [3.63, 3.8) is 0 Å². The number of hydrogen-bond donors (Lipinski definition) is 2. The Kier molecular flexibility index (Phi) is 6.50. The van der Waals surface area contributed by atoms with Crippen molar-refractivity contribution in [1.82, 2.24) is 10.9 Å². The first-order valence-electron chi connectivity index (χ1n) is 7.21. The van der Waals surface area contributed by atoms with E-state index in [2.05, 4.69) is 26.8 Å². The second-order valence-corrected chi connectivity index (χ2v) is 5.72. The molecule has 0 atom stereocenters. The van der Waals surface area contributed by atoms with Gasteiger partial charge in [0, 0.05) is 11.6 Å². The first-order chi connectivity index (χ1) is 12.4. The number of nitro benzene ring substituents is 1. The minimum atomic E-state index is -0.677. The number of methoxy groups -OCH3 is 1. The highest BCUT2D eigenvalue weighted by molar-refractivity contribution is 9.10. The summed E-state index contributed by atoms with van der Waals surface area (Å²) >= 11 is 3.26. The molecule has 2 rings (SSSR count). The van der Waals surface area contributed by atoms with Crippen molar-refractivity contribution < 1.29 is 24.0 Å². The molecule has 0 saturated heterocycles. The second-order valence-electron chi connectivity index (χ2n) is 4.87. The summed E-state index contributed by atoms with van der Waals surface area (Å²) in [6.07, 6.45) is 0. The van der Waals surface area contributed by atoms with E-state index in [4.69, 9.17) is 9.47 Å². The molecule has 2 aromatic rings. The molecule has 9 nitrogen and oxygen atoms in total. The average molecular weight is 424 g/mol. The summed E-state index contributed by atoms with van der Waals surface area (Å²) in [7, 11) is 1.50. The molecular formula is C16H14BrN3O6. The van der Waals surface area contributed by atoms with E-state index in [0.717, 1.165) is 0 Å². The van der Waals surface area contributed by atoms with Crippen LogP contribution in [0.3, 0.4) is 0 Å². The largest absolute Gasteiger partial charge is 0.496 e. The monoisotopic (exact) mass is 423 g/mol. The molecule has 26 heavy (non-hydrogen) atoms. The van der Waals surface area contributed by atoms with E-state index in [-0.39, 0.29) is 17.0 Å². The molecule has 2 N–H and O–H groups in total. The first kappa shape index (κ1) is 19.2. The maximum atomic E-state index is 12.0. The number of ether oxygens (including phenoxy) is 2. The van der Waals surface area contributed by atoms with Crippen LogP contribution in [0.4, 0.5) is 5.69 Å². The molecule has 0 bridgehead atoms. The average Bonchev–Trinajstić information content (AvgIpc) is 2.64. The number of rotatable bonds is 6. The van der Waals surface area contributed by atoms with Crippen LogP contribution in [0.2, 0.25) is 0 Å². The van der Waals surface area contributed by atoms with Crippen molar-refractivity contribution in [1.29, 1.82) is 0 Å². The molecule has 0 heterocycles. The van der Waals surface area contributed by atoms with Gasteiger partial charge in [0.25, 0.3) is 11.8 Å². The molecule has 2 aromatic carbocycles. The van der Waals surface area contributed by atoms with Crippen molar-refractivity contribution in [3.8, 4) is 11.5 Å². The molecule has 0 unspecified atom stereocenters. The van der Waals surface area contributed by atoms with Gasteiger partial charge in [-0.15, -0.1) is 0 Å². The summed E-state index contributed by atoms with van der Waals surface area (Å²) in [6, 6.07) is 10.3. The van der Waals surface area contributed by atoms with Crippen molar-refractivity contribution in [2.45, 2.75) is 0 Å². The molecule has 0 spiro atoms. The summed E-state index contributed by atoms with van der Waals surface area (Å²) in [5.41, 5.74) is 4.42. The Morgan fingerprint density at radius 1 is 1.15 bits per heavy atom. The lowest BCUT2D eigenvalue weighted by Crippen LogP contribution is -2.43. The highest BCUT2D eigenvalue weighted by Crippen LogP contribution is 2.26. The molecule has 0 aliphatic carbocycles. The van der Waals surface area contributed by atoms with E-state index in [9.17, 15) is 19.7 Å². The molecule has 0 aliphatic rings. The van der Waals surface area contributed by atoms with E-state index in [0.29, 0.717) is 10.2 Å². The van der Waals surface area contributed by atoms with Crippen LogP contribution in [0.1, 0.15) is 10.4 Å². The number of amides is 2. The number of nitro groups is 1. The van der Waals surface area contributed by atoms with Crippen LogP contribution in [-0.2, 0) is 4.79 Å². The van der Waals surface area contributed by atoms with E-state index < -0.39 is 23.3 Å². The molecule has 0 saturated carbocycles. The molecule has 10 heteroatoms. The molecular weight excluding hydrogens is 410 g/mol. The van der Waals surface area contributed by atoms with Crippen molar-refractivity contribution in [3.05, 3.63) is 62.6 Å². The van der Waals surface area contributed by atoms with Gasteiger partial charge in [0.15, 0.2) is 12.4 Å². The van der Waals surface area contributed by atoms with Crippen LogP contribution in [0.5, 0.6) is 11.5 Å². The standard InChI is InChI=1S/C16H14BrN3O6/c1-25-13-7-6-10(8-11(13)17)16(22)19-18-15(21)9-26-14-5-3-2-4-12(14)20(23)24/h2-8H,9H2,1H3,(H,18,21)(H,19,22). The first-order valence-corrected chi connectivity index (χ1v) is 8.00. The van der Waals surface area contributed by atoms with Gasteiger partial charge in [0.1, 0.15) is 5.75 Å². The third-order valence-electron chi connectivity index (χ3n) is 3.15. The highest BCUT2D eigenvalue weighted by Gasteiger charge is 2.15. The number of para-hydroxylation sites is 2. The minimum absolute atomic E-state index is 0.0435. The number of carbonyl (C=O) groups is 2. The summed E-state index contributed by atoms with van der Waals surface area (Å²) in [5.74, 6) is -0.710. The molecule has 0 fully saturated rings. The lowest BCUT2D eigenvalue weighted by atomic mass is 10.2. The lowest BCUT2D eigenvalue weighted by molar-refractivity contribution is -0.385. The van der Waals surface area contributed by atoms with Crippen molar-refractivity contribution in [2.24, 2.45) is 0 Å². The minimum Gasteiger partial charge on any atom is -0.496 e. The van der Waals surface area contributed by atoms with Gasteiger partial charge in [-0.2, -0.15) is 0 Å². The van der Waals surface area contributed by atoms with Gasteiger partial charge in [-0.25, -0.2) is 0 Å². The maximum Gasteiger partial charge on any atom is 0.310 e. The van der Waals surface area contributed by atoms with Crippen LogP contribution >= 0.6 is 15.9 Å². The fraction of sp³-hybridized carbons (Fsp3) is 0.125. The molecule has 0 radical (unpaired) electrons. The normalized spacial score (nSPS) is 9.92. The number of halogens is 1. The fourth-order valence-corrected chi connectivity index (χ4v) is 2.46. The van der Waals surface area contributed by atoms with Crippen LogP contribution in [0.25, 0.3) is 0 Å². The number of benzene rings is 2. The van der Waals surface area contributed by atoms with Gasteiger partial charge in [0.05, 0.1) is 16.5 Å². The zero-order valence-corrected chi connectivity index (χ0v) is 15.1.